The van der Waals surface area contributed by atoms with E-state index in [4.69, 9.17) is 4.74 Å². The topological polar surface area (TPSA) is 72.7 Å². The number of carbonyl (C=O) groups is 2. The van der Waals surface area contributed by atoms with Gasteiger partial charge in [0.1, 0.15) is 17.4 Å². The minimum Gasteiger partial charge on any atom is -0.467 e. The zero-order chi connectivity index (χ0) is 15.4. The van der Waals surface area contributed by atoms with E-state index in [9.17, 15) is 9.59 Å². The number of pyridine rings is 1. The summed E-state index contributed by atoms with van der Waals surface area (Å²) in [6, 6.07) is 4.85. The molecule has 1 N–H and O–H groups in total. The van der Waals surface area contributed by atoms with Crippen molar-refractivity contribution >= 4 is 17.5 Å². The number of aromatic nitrogens is 2. The molecule has 0 aliphatic carbocycles. The Kier molecular flexibility index (Phi) is 4.57. The first-order valence-electron chi connectivity index (χ1n) is 6.83. The summed E-state index contributed by atoms with van der Waals surface area (Å²) >= 11 is 0. The number of carbonyl (C=O) groups excluding carboxylic acids is 2. The molecule has 0 fully saturated rings. The summed E-state index contributed by atoms with van der Waals surface area (Å²) in [5.74, 6) is -0.564. The van der Waals surface area contributed by atoms with Gasteiger partial charge in [-0.2, -0.15) is 0 Å². The zero-order valence-electron chi connectivity index (χ0n) is 12.4. The Balaban J connectivity index is 2.15. The summed E-state index contributed by atoms with van der Waals surface area (Å²) in [6.07, 6.45) is 3.96. The zero-order valence-corrected chi connectivity index (χ0v) is 12.4. The van der Waals surface area contributed by atoms with Gasteiger partial charge < -0.3 is 14.5 Å². The van der Waals surface area contributed by atoms with E-state index in [1.165, 1.54) is 7.11 Å². The summed E-state index contributed by atoms with van der Waals surface area (Å²) in [6.45, 7) is 3.96. The van der Waals surface area contributed by atoms with Crippen molar-refractivity contribution in [3.05, 3.63) is 36.3 Å². The lowest BCUT2D eigenvalue weighted by Gasteiger charge is -2.17. The Morgan fingerprint density at radius 3 is 2.76 bits per heavy atom. The third-order valence-electron chi connectivity index (χ3n) is 3.09. The number of amides is 1. The first-order valence-corrected chi connectivity index (χ1v) is 6.83. The molecule has 112 valence electrons. The third kappa shape index (κ3) is 3.59. The van der Waals surface area contributed by atoms with Gasteiger partial charge >= 0.3 is 5.97 Å². The van der Waals surface area contributed by atoms with Crippen molar-refractivity contribution in [2.45, 2.75) is 26.3 Å². The number of esters is 1. The molecule has 0 aliphatic heterocycles. The second-order valence-electron chi connectivity index (χ2n) is 5.27. The molecule has 0 spiro atoms. The van der Waals surface area contributed by atoms with E-state index in [2.05, 4.69) is 10.3 Å². The molecule has 1 unspecified atom stereocenters. The van der Waals surface area contributed by atoms with Gasteiger partial charge in [-0.1, -0.05) is 19.9 Å². The monoisotopic (exact) mass is 289 g/mol. The summed E-state index contributed by atoms with van der Waals surface area (Å²) in [5.41, 5.74) is 0.958. The number of methoxy groups -OCH3 is 1. The predicted octanol–water partition coefficient (Wildman–Crippen LogP) is 1.65. The van der Waals surface area contributed by atoms with E-state index in [-0.39, 0.29) is 17.5 Å². The number of hydrogen-bond acceptors (Lipinski definition) is 4. The van der Waals surface area contributed by atoms with E-state index in [0.717, 1.165) is 0 Å². The third-order valence-corrected chi connectivity index (χ3v) is 3.09. The standard InChI is InChI=1S/C15H19N3O3/c1-10(2)8-11(15(20)21-3)17-14(19)12-9-18-7-5-4-6-13(18)16-12/h4-7,9-11H,8H2,1-3H3,(H,17,19). The van der Waals surface area contributed by atoms with Crippen molar-refractivity contribution in [2.24, 2.45) is 5.92 Å². The number of ether oxygens (including phenoxy) is 1. The molecule has 1 atom stereocenters. The molecule has 0 bridgehead atoms. The van der Waals surface area contributed by atoms with Crippen LogP contribution in [-0.4, -0.2) is 34.4 Å². The molecule has 6 nitrogen and oxygen atoms in total. The van der Waals surface area contributed by atoms with Gasteiger partial charge in [0, 0.05) is 12.4 Å². The van der Waals surface area contributed by atoms with E-state index < -0.39 is 12.0 Å². The highest BCUT2D eigenvalue weighted by Gasteiger charge is 2.24. The fraction of sp³-hybridized carbons (Fsp3) is 0.400. The van der Waals surface area contributed by atoms with Crippen molar-refractivity contribution in [1.82, 2.24) is 14.7 Å². The number of imidazole rings is 1. The molecule has 0 radical (unpaired) electrons. The maximum absolute atomic E-state index is 12.2. The molecule has 2 rings (SSSR count). The van der Waals surface area contributed by atoms with Crippen molar-refractivity contribution in [3.8, 4) is 0 Å². The molecule has 21 heavy (non-hydrogen) atoms. The van der Waals surface area contributed by atoms with E-state index in [1.807, 2.05) is 38.2 Å². The Morgan fingerprint density at radius 2 is 2.14 bits per heavy atom. The van der Waals surface area contributed by atoms with Crippen LogP contribution in [0.2, 0.25) is 0 Å². The van der Waals surface area contributed by atoms with Crippen molar-refractivity contribution in [3.63, 3.8) is 0 Å². The number of nitrogens with zero attached hydrogens (tertiary/aromatic N) is 2. The maximum Gasteiger partial charge on any atom is 0.328 e. The Bertz CT molecular complexity index is 615. The van der Waals surface area contributed by atoms with Gasteiger partial charge in [-0.25, -0.2) is 9.78 Å². The average Bonchev–Trinajstić information content (AvgIpc) is 2.89. The lowest BCUT2D eigenvalue weighted by Crippen LogP contribution is -2.42. The highest BCUT2D eigenvalue weighted by atomic mass is 16.5. The van der Waals surface area contributed by atoms with E-state index >= 15 is 0 Å². The Morgan fingerprint density at radius 1 is 1.38 bits per heavy atom. The SMILES string of the molecule is COC(=O)C(CC(C)C)NC(=O)c1cn2ccccc2n1. The van der Waals surface area contributed by atoms with Crippen LogP contribution in [0.15, 0.2) is 30.6 Å². The van der Waals surface area contributed by atoms with Crippen LogP contribution < -0.4 is 5.32 Å². The second kappa shape index (κ2) is 6.39. The van der Waals surface area contributed by atoms with E-state index in [1.54, 1.807) is 10.6 Å². The van der Waals surface area contributed by atoms with Crippen LogP contribution in [0.4, 0.5) is 0 Å². The van der Waals surface area contributed by atoms with Gasteiger partial charge in [0.2, 0.25) is 0 Å². The summed E-state index contributed by atoms with van der Waals surface area (Å²) in [7, 11) is 1.31. The fourth-order valence-corrected chi connectivity index (χ4v) is 2.10. The van der Waals surface area contributed by atoms with Crippen LogP contribution >= 0.6 is 0 Å². The summed E-state index contributed by atoms with van der Waals surface area (Å²) < 4.78 is 6.48. The van der Waals surface area contributed by atoms with Crippen LogP contribution in [-0.2, 0) is 9.53 Å². The molecule has 0 saturated carbocycles. The number of nitrogens with one attached hydrogen (secondary N) is 1. The lowest BCUT2D eigenvalue weighted by molar-refractivity contribution is -0.143. The van der Waals surface area contributed by atoms with Gasteiger partial charge in [0.05, 0.1) is 7.11 Å². The fourth-order valence-electron chi connectivity index (χ4n) is 2.10. The van der Waals surface area contributed by atoms with Crippen LogP contribution in [0.1, 0.15) is 30.8 Å². The molecular weight excluding hydrogens is 270 g/mol. The highest BCUT2D eigenvalue weighted by Crippen LogP contribution is 2.09. The van der Waals surface area contributed by atoms with Gasteiger partial charge in [0.25, 0.3) is 5.91 Å². The molecule has 0 aromatic carbocycles. The van der Waals surface area contributed by atoms with E-state index in [0.29, 0.717) is 12.1 Å². The van der Waals surface area contributed by atoms with Gasteiger partial charge in [-0.3, -0.25) is 4.79 Å². The quantitative estimate of drug-likeness (QED) is 0.849. The van der Waals surface area contributed by atoms with Gasteiger partial charge in [0.15, 0.2) is 0 Å². The van der Waals surface area contributed by atoms with Crippen LogP contribution in [0.3, 0.4) is 0 Å². The van der Waals surface area contributed by atoms with Gasteiger partial charge in [-0.15, -0.1) is 0 Å². The van der Waals surface area contributed by atoms with Crippen LogP contribution in [0.25, 0.3) is 5.65 Å². The van der Waals surface area contributed by atoms with Crippen molar-refractivity contribution < 1.29 is 14.3 Å². The largest absolute Gasteiger partial charge is 0.467 e. The molecule has 0 aliphatic rings. The second-order valence-corrected chi connectivity index (χ2v) is 5.27. The maximum atomic E-state index is 12.2. The summed E-state index contributed by atoms with van der Waals surface area (Å²) in [5, 5.41) is 2.69. The smallest absolute Gasteiger partial charge is 0.328 e. The Hall–Kier alpha value is -2.37. The Labute approximate surface area is 123 Å². The molecule has 2 heterocycles. The van der Waals surface area contributed by atoms with Crippen LogP contribution in [0.5, 0.6) is 0 Å². The van der Waals surface area contributed by atoms with Crippen molar-refractivity contribution in [1.29, 1.82) is 0 Å². The number of fused-ring (bicyclic) bond motifs is 1. The predicted molar refractivity (Wildman–Crippen MR) is 77.9 cm³/mol. The van der Waals surface area contributed by atoms with Gasteiger partial charge in [-0.05, 0) is 24.5 Å². The summed E-state index contributed by atoms with van der Waals surface area (Å²) in [4.78, 5) is 28.2. The molecule has 1 amide bonds. The molecule has 0 saturated heterocycles. The highest BCUT2D eigenvalue weighted by molar-refractivity contribution is 5.95. The normalized spacial score (nSPS) is 12.4. The van der Waals surface area contributed by atoms with Crippen molar-refractivity contribution in [2.75, 3.05) is 7.11 Å². The number of rotatable bonds is 5. The number of hydrogen-bond donors (Lipinski definition) is 1. The van der Waals surface area contributed by atoms with Crippen LogP contribution in [0, 0.1) is 5.92 Å². The average molecular weight is 289 g/mol. The molecule has 2 aromatic heterocycles. The minimum atomic E-state index is -0.660. The molecule has 6 heteroatoms. The molecular formula is C15H19N3O3. The lowest BCUT2D eigenvalue weighted by atomic mass is 10.0. The molecule has 2 aromatic rings. The minimum absolute atomic E-state index is 0.260. The first-order chi connectivity index (χ1) is 10.0. The first kappa shape index (κ1) is 15.0.